The summed E-state index contributed by atoms with van der Waals surface area (Å²) in [6.07, 6.45) is 5.72. The standard InChI is InChI=1S/C21H39N5O3/c1-2-22-21(28)26-12-10-25(11-13-26)19(18-6-3-4-7-18)20(27)23-8-5-9-24-14-16-29-17-15-24/h18-19H,2-17H2,1H3,(H,22,28)(H,23,27). The molecule has 0 aromatic carbocycles. The number of ether oxygens (including phenoxy) is 1. The Hall–Kier alpha value is -1.38. The van der Waals surface area contributed by atoms with E-state index < -0.39 is 0 Å². The topological polar surface area (TPSA) is 77.2 Å². The summed E-state index contributed by atoms with van der Waals surface area (Å²) < 4.78 is 5.39. The number of amides is 3. The van der Waals surface area contributed by atoms with Gasteiger partial charge in [-0.05, 0) is 38.6 Å². The molecule has 2 heterocycles. The molecule has 2 aliphatic heterocycles. The van der Waals surface area contributed by atoms with Gasteiger partial charge in [0.15, 0.2) is 0 Å². The van der Waals surface area contributed by atoms with E-state index in [1.54, 1.807) is 0 Å². The van der Waals surface area contributed by atoms with Crippen molar-refractivity contribution >= 4 is 11.9 Å². The lowest BCUT2D eigenvalue weighted by Gasteiger charge is -2.40. The Labute approximate surface area is 175 Å². The lowest BCUT2D eigenvalue weighted by Crippen LogP contribution is -2.59. The molecule has 0 bridgehead atoms. The molecular weight excluding hydrogens is 370 g/mol. The molecule has 0 spiro atoms. The predicted molar refractivity (Wildman–Crippen MR) is 113 cm³/mol. The summed E-state index contributed by atoms with van der Waals surface area (Å²) in [5.74, 6) is 0.635. The van der Waals surface area contributed by atoms with Gasteiger partial charge in [0.05, 0.1) is 19.3 Å². The van der Waals surface area contributed by atoms with Crippen molar-refractivity contribution in [3.05, 3.63) is 0 Å². The van der Waals surface area contributed by atoms with Gasteiger partial charge >= 0.3 is 6.03 Å². The average Bonchev–Trinajstić information content (AvgIpc) is 3.27. The summed E-state index contributed by atoms with van der Waals surface area (Å²) in [7, 11) is 0. The van der Waals surface area contributed by atoms with E-state index in [4.69, 9.17) is 4.74 Å². The average molecular weight is 410 g/mol. The quantitative estimate of drug-likeness (QED) is 0.578. The molecule has 3 fully saturated rings. The number of morpholine rings is 1. The SMILES string of the molecule is CCNC(=O)N1CCN(C(C(=O)NCCCN2CCOCC2)C2CCCC2)CC1. The zero-order valence-corrected chi connectivity index (χ0v) is 18.0. The van der Waals surface area contributed by atoms with Gasteiger partial charge in [-0.15, -0.1) is 0 Å². The first-order valence-corrected chi connectivity index (χ1v) is 11.5. The van der Waals surface area contributed by atoms with E-state index in [2.05, 4.69) is 20.4 Å². The molecule has 1 atom stereocenters. The van der Waals surface area contributed by atoms with Crippen LogP contribution in [0.4, 0.5) is 4.79 Å². The summed E-state index contributed by atoms with van der Waals surface area (Å²) in [5, 5.41) is 6.10. The Morgan fingerprint density at radius 3 is 2.34 bits per heavy atom. The molecule has 0 radical (unpaired) electrons. The van der Waals surface area contributed by atoms with Crippen molar-refractivity contribution in [1.82, 2.24) is 25.3 Å². The Morgan fingerprint density at radius 2 is 1.69 bits per heavy atom. The number of nitrogens with zero attached hydrogens (tertiary/aromatic N) is 3. The zero-order chi connectivity index (χ0) is 20.5. The first-order valence-electron chi connectivity index (χ1n) is 11.5. The van der Waals surface area contributed by atoms with Crippen molar-refractivity contribution in [2.24, 2.45) is 5.92 Å². The normalized spacial score (nSPS) is 23.1. The monoisotopic (exact) mass is 409 g/mol. The first-order chi connectivity index (χ1) is 14.2. The van der Waals surface area contributed by atoms with Crippen LogP contribution in [0, 0.1) is 5.92 Å². The lowest BCUT2D eigenvalue weighted by atomic mass is 9.95. The molecule has 0 aromatic rings. The fourth-order valence-electron chi connectivity index (χ4n) is 4.86. The van der Waals surface area contributed by atoms with Crippen molar-refractivity contribution in [3.63, 3.8) is 0 Å². The lowest BCUT2D eigenvalue weighted by molar-refractivity contribution is -0.129. The van der Waals surface area contributed by atoms with Crippen LogP contribution in [-0.2, 0) is 9.53 Å². The van der Waals surface area contributed by atoms with Crippen molar-refractivity contribution in [2.45, 2.75) is 45.1 Å². The molecule has 2 saturated heterocycles. The maximum atomic E-state index is 13.1. The third-order valence-corrected chi connectivity index (χ3v) is 6.49. The van der Waals surface area contributed by atoms with Crippen LogP contribution < -0.4 is 10.6 Å². The third kappa shape index (κ3) is 6.55. The highest BCUT2D eigenvalue weighted by Gasteiger charge is 2.37. The number of piperazine rings is 1. The van der Waals surface area contributed by atoms with Gasteiger partial charge in [-0.2, -0.15) is 0 Å². The maximum Gasteiger partial charge on any atom is 0.317 e. The number of urea groups is 1. The molecule has 2 N–H and O–H groups in total. The van der Waals surface area contributed by atoms with E-state index >= 15 is 0 Å². The second-order valence-electron chi connectivity index (χ2n) is 8.45. The van der Waals surface area contributed by atoms with E-state index in [0.717, 1.165) is 71.7 Å². The minimum atomic E-state index is -0.0442. The summed E-state index contributed by atoms with van der Waals surface area (Å²) in [6.45, 7) is 10.9. The van der Waals surface area contributed by atoms with Gasteiger partial charge in [0.1, 0.15) is 0 Å². The van der Waals surface area contributed by atoms with Crippen molar-refractivity contribution in [3.8, 4) is 0 Å². The van der Waals surface area contributed by atoms with E-state index in [9.17, 15) is 9.59 Å². The van der Waals surface area contributed by atoms with E-state index in [1.807, 2.05) is 11.8 Å². The van der Waals surface area contributed by atoms with Crippen molar-refractivity contribution < 1.29 is 14.3 Å². The molecule has 3 rings (SSSR count). The Bertz CT molecular complexity index is 512. The van der Waals surface area contributed by atoms with Gasteiger partial charge in [0.25, 0.3) is 0 Å². The minimum Gasteiger partial charge on any atom is -0.379 e. The highest BCUT2D eigenvalue weighted by atomic mass is 16.5. The van der Waals surface area contributed by atoms with Crippen LogP contribution in [0.25, 0.3) is 0 Å². The smallest absolute Gasteiger partial charge is 0.317 e. The number of carbonyl (C=O) groups is 2. The van der Waals surface area contributed by atoms with Gasteiger partial charge in [0.2, 0.25) is 5.91 Å². The molecule has 29 heavy (non-hydrogen) atoms. The predicted octanol–water partition coefficient (Wildman–Crippen LogP) is 0.731. The van der Waals surface area contributed by atoms with Crippen LogP contribution in [0.15, 0.2) is 0 Å². The van der Waals surface area contributed by atoms with Crippen LogP contribution >= 0.6 is 0 Å². The van der Waals surface area contributed by atoms with Gasteiger partial charge in [-0.1, -0.05) is 12.8 Å². The molecule has 8 heteroatoms. The molecule has 3 amide bonds. The molecular formula is C21H39N5O3. The van der Waals surface area contributed by atoms with Crippen molar-refractivity contribution in [1.29, 1.82) is 0 Å². The second kappa shape index (κ2) is 11.7. The summed E-state index contributed by atoms with van der Waals surface area (Å²) >= 11 is 0. The van der Waals surface area contributed by atoms with Gasteiger partial charge < -0.3 is 20.3 Å². The highest BCUT2D eigenvalue weighted by molar-refractivity contribution is 5.82. The molecule has 3 aliphatic rings. The van der Waals surface area contributed by atoms with Crippen LogP contribution in [0.1, 0.15) is 39.0 Å². The van der Waals surface area contributed by atoms with Gasteiger partial charge in [-0.3, -0.25) is 14.6 Å². The molecule has 1 unspecified atom stereocenters. The molecule has 166 valence electrons. The van der Waals surface area contributed by atoms with Gasteiger partial charge in [-0.25, -0.2) is 4.79 Å². The molecule has 0 aromatic heterocycles. The van der Waals surface area contributed by atoms with Crippen LogP contribution in [-0.4, -0.2) is 105 Å². The number of hydrogen-bond donors (Lipinski definition) is 2. The Balaban J connectivity index is 1.46. The first kappa shape index (κ1) is 22.3. The number of carbonyl (C=O) groups excluding carboxylic acids is 2. The van der Waals surface area contributed by atoms with Gasteiger partial charge in [0, 0.05) is 52.4 Å². The fraction of sp³-hybridized carbons (Fsp3) is 0.905. The molecule has 8 nitrogen and oxygen atoms in total. The van der Waals surface area contributed by atoms with E-state index in [0.29, 0.717) is 25.6 Å². The zero-order valence-electron chi connectivity index (χ0n) is 18.0. The maximum absolute atomic E-state index is 13.1. The highest BCUT2D eigenvalue weighted by Crippen LogP contribution is 2.31. The second-order valence-corrected chi connectivity index (χ2v) is 8.45. The summed E-state index contributed by atoms with van der Waals surface area (Å²) in [4.78, 5) is 31.8. The third-order valence-electron chi connectivity index (χ3n) is 6.49. The van der Waals surface area contributed by atoms with Crippen LogP contribution in [0.5, 0.6) is 0 Å². The van der Waals surface area contributed by atoms with E-state index in [-0.39, 0.29) is 18.0 Å². The van der Waals surface area contributed by atoms with E-state index in [1.165, 1.54) is 12.8 Å². The largest absolute Gasteiger partial charge is 0.379 e. The minimum absolute atomic E-state index is 0.0112. The molecule has 1 saturated carbocycles. The fourth-order valence-corrected chi connectivity index (χ4v) is 4.86. The summed E-state index contributed by atoms with van der Waals surface area (Å²) in [6, 6.07) is -0.0330. The number of nitrogens with one attached hydrogen (secondary N) is 2. The Morgan fingerprint density at radius 1 is 1.00 bits per heavy atom. The number of hydrogen-bond acceptors (Lipinski definition) is 5. The van der Waals surface area contributed by atoms with Crippen LogP contribution in [0.3, 0.4) is 0 Å². The van der Waals surface area contributed by atoms with Crippen molar-refractivity contribution in [2.75, 3.05) is 72.1 Å². The number of rotatable bonds is 8. The summed E-state index contributed by atoms with van der Waals surface area (Å²) in [5.41, 5.74) is 0. The Kier molecular flexibility index (Phi) is 9.01. The molecule has 1 aliphatic carbocycles. The van der Waals surface area contributed by atoms with Crippen LogP contribution in [0.2, 0.25) is 0 Å².